The fourth-order valence-corrected chi connectivity index (χ4v) is 4.56. The topological polar surface area (TPSA) is 36.9 Å². The minimum Gasteiger partial charge on any atom is -0.381 e. The first-order chi connectivity index (χ1) is 10.5. The van der Waals surface area contributed by atoms with Crippen LogP contribution in [0.5, 0.6) is 0 Å². The number of nitrogens with one attached hydrogen (secondary N) is 1. The lowest BCUT2D eigenvalue weighted by molar-refractivity contribution is 0.0793. The molecule has 2 fully saturated rings. The molecule has 0 saturated carbocycles. The third-order valence-electron chi connectivity index (χ3n) is 4.68. The molecule has 2 aliphatic rings. The van der Waals surface area contributed by atoms with E-state index in [0.717, 1.165) is 63.9 Å². The molecule has 0 radical (unpaired) electrons. The van der Waals surface area contributed by atoms with Gasteiger partial charge in [-0.25, -0.2) is 0 Å². The van der Waals surface area contributed by atoms with E-state index in [1.165, 1.54) is 6.42 Å². The summed E-state index contributed by atoms with van der Waals surface area (Å²) in [6.07, 6.45) is 3.50. The van der Waals surface area contributed by atoms with Crippen molar-refractivity contribution in [2.45, 2.75) is 51.7 Å². The number of nitrogens with zero attached hydrogens (tertiary/aromatic N) is 2. The minimum atomic E-state index is 0. The summed E-state index contributed by atoms with van der Waals surface area (Å²) < 4.78 is 5.85. The van der Waals surface area contributed by atoms with E-state index in [1.807, 2.05) is 0 Å². The van der Waals surface area contributed by atoms with Crippen LogP contribution in [0.25, 0.3) is 0 Å². The summed E-state index contributed by atoms with van der Waals surface area (Å²) in [6.45, 7) is 15.0. The number of halogens is 1. The first-order valence-electron chi connectivity index (χ1n) is 8.75. The zero-order valence-corrected chi connectivity index (χ0v) is 18.3. The highest BCUT2D eigenvalue weighted by Gasteiger charge is 2.34. The van der Waals surface area contributed by atoms with Gasteiger partial charge < -0.3 is 15.0 Å². The van der Waals surface area contributed by atoms with Gasteiger partial charge in [-0.15, -0.1) is 24.0 Å². The number of hydrogen-bond acceptors (Lipinski definition) is 3. The van der Waals surface area contributed by atoms with Gasteiger partial charge in [-0.1, -0.05) is 20.8 Å². The second-order valence-corrected chi connectivity index (χ2v) is 8.97. The molecular weight excluding hydrogens is 421 g/mol. The van der Waals surface area contributed by atoms with E-state index in [1.54, 1.807) is 0 Å². The first kappa shape index (κ1) is 21.4. The van der Waals surface area contributed by atoms with E-state index in [9.17, 15) is 0 Å². The van der Waals surface area contributed by atoms with Gasteiger partial charge in [0.2, 0.25) is 0 Å². The van der Waals surface area contributed by atoms with Gasteiger partial charge in [-0.05, 0) is 37.4 Å². The number of ether oxygens (including phenoxy) is 1. The Hall–Kier alpha value is 0.310. The molecule has 0 aromatic rings. The van der Waals surface area contributed by atoms with Crippen LogP contribution in [0.15, 0.2) is 4.99 Å². The summed E-state index contributed by atoms with van der Waals surface area (Å²) in [7, 11) is 0. The molecule has 0 bridgehead atoms. The van der Waals surface area contributed by atoms with Crippen LogP contribution in [0.1, 0.15) is 47.0 Å². The predicted molar refractivity (Wildman–Crippen MR) is 112 cm³/mol. The third kappa shape index (κ3) is 6.27. The molecule has 2 heterocycles. The van der Waals surface area contributed by atoms with Crippen LogP contribution < -0.4 is 5.32 Å². The monoisotopic (exact) mass is 455 g/mol. The summed E-state index contributed by atoms with van der Waals surface area (Å²) in [5.74, 6) is 2.26. The fourth-order valence-electron chi connectivity index (χ4n) is 3.34. The minimum absolute atomic E-state index is 0. The summed E-state index contributed by atoms with van der Waals surface area (Å²) in [4.78, 5) is 7.47. The lowest BCUT2D eigenvalue weighted by atomic mass is 9.93. The SMILES string of the molecule is CCNC(=NCC1(SCC)CCOCC1)N1CCC(C)(C)C1.I. The molecule has 0 aromatic heterocycles. The van der Waals surface area contributed by atoms with Gasteiger partial charge in [0.25, 0.3) is 0 Å². The van der Waals surface area contributed by atoms with Crippen molar-refractivity contribution in [3.8, 4) is 0 Å². The van der Waals surface area contributed by atoms with Gasteiger partial charge in [0, 0.05) is 37.6 Å². The smallest absolute Gasteiger partial charge is 0.193 e. The summed E-state index contributed by atoms with van der Waals surface area (Å²) >= 11 is 2.07. The Kier molecular flexibility index (Phi) is 9.01. The molecule has 4 nitrogen and oxygen atoms in total. The Morgan fingerprint density at radius 3 is 2.43 bits per heavy atom. The molecule has 0 unspecified atom stereocenters. The number of likely N-dealkylation sites (tertiary alicyclic amines) is 1. The number of aliphatic imine (C=N–C) groups is 1. The maximum absolute atomic E-state index is 5.56. The lowest BCUT2D eigenvalue weighted by Crippen LogP contribution is -2.43. The highest BCUT2D eigenvalue weighted by molar-refractivity contribution is 14.0. The molecule has 1 N–H and O–H groups in total. The van der Waals surface area contributed by atoms with Gasteiger partial charge in [0.15, 0.2) is 5.96 Å². The fraction of sp³-hybridized carbons (Fsp3) is 0.941. The van der Waals surface area contributed by atoms with Crippen molar-refractivity contribution < 1.29 is 4.74 Å². The number of rotatable bonds is 5. The van der Waals surface area contributed by atoms with E-state index in [2.05, 4.69) is 49.7 Å². The highest BCUT2D eigenvalue weighted by Crippen LogP contribution is 2.36. The van der Waals surface area contributed by atoms with Crippen LogP contribution in [0, 0.1) is 5.41 Å². The zero-order valence-electron chi connectivity index (χ0n) is 15.2. The normalized spacial score (nSPS) is 23.5. The maximum atomic E-state index is 5.56. The second kappa shape index (κ2) is 9.70. The van der Waals surface area contributed by atoms with E-state index in [-0.39, 0.29) is 28.7 Å². The van der Waals surface area contributed by atoms with Crippen molar-refractivity contribution in [1.29, 1.82) is 0 Å². The molecule has 6 heteroatoms. The van der Waals surface area contributed by atoms with Crippen LogP contribution in [0.4, 0.5) is 0 Å². The van der Waals surface area contributed by atoms with Crippen molar-refractivity contribution in [2.24, 2.45) is 10.4 Å². The molecule has 0 aromatic carbocycles. The molecule has 0 spiro atoms. The standard InChI is InChI=1S/C17H33N3OS.HI/c1-5-18-15(20-10-7-16(3,4)14-20)19-13-17(22-6-2)8-11-21-12-9-17;/h5-14H2,1-4H3,(H,18,19);1H. The van der Waals surface area contributed by atoms with Gasteiger partial charge in [-0.3, -0.25) is 4.99 Å². The molecule has 2 aliphatic heterocycles. The number of guanidine groups is 1. The molecule has 136 valence electrons. The van der Waals surface area contributed by atoms with Gasteiger partial charge >= 0.3 is 0 Å². The van der Waals surface area contributed by atoms with Crippen molar-refractivity contribution in [1.82, 2.24) is 10.2 Å². The van der Waals surface area contributed by atoms with Crippen LogP contribution in [-0.4, -0.2) is 60.8 Å². The summed E-state index contributed by atoms with van der Waals surface area (Å²) in [5, 5.41) is 3.50. The maximum Gasteiger partial charge on any atom is 0.193 e. The number of thioether (sulfide) groups is 1. The predicted octanol–water partition coefficient (Wildman–Crippen LogP) is 3.60. The van der Waals surface area contributed by atoms with Crippen LogP contribution >= 0.6 is 35.7 Å². The summed E-state index contributed by atoms with van der Waals surface area (Å²) in [5.41, 5.74) is 0.407. The Morgan fingerprint density at radius 1 is 1.22 bits per heavy atom. The van der Waals surface area contributed by atoms with Gasteiger partial charge in [0.05, 0.1) is 6.54 Å². The van der Waals surface area contributed by atoms with Crippen molar-refractivity contribution in [3.05, 3.63) is 0 Å². The van der Waals surface area contributed by atoms with Crippen LogP contribution in [0.2, 0.25) is 0 Å². The Morgan fingerprint density at radius 2 is 1.91 bits per heavy atom. The molecular formula is C17H34IN3OS. The molecule has 0 atom stereocenters. The zero-order chi connectivity index (χ0) is 16.1. The van der Waals surface area contributed by atoms with E-state index in [0.29, 0.717) is 5.41 Å². The summed E-state index contributed by atoms with van der Waals surface area (Å²) in [6, 6.07) is 0. The third-order valence-corrected chi connectivity index (χ3v) is 6.12. The lowest BCUT2D eigenvalue weighted by Gasteiger charge is -2.35. The average Bonchev–Trinajstić information content (AvgIpc) is 2.85. The Bertz CT molecular complexity index is 379. The average molecular weight is 455 g/mol. The van der Waals surface area contributed by atoms with E-state index >= 15 is 0 Å². The molecule has 2 rings (SSSR count). The number of hydrogen-bond donors (Lipinski definition) is 1. The molecule has 23 heavy (non-hydrogen) atoms. The van der Waals surface area contributed by atoms with Gasteiger partial charge in [-0.2, -0.15) is 11.8 Å². The Balaban J connectivity index is 0.00000264. The van der Waals surface area contributed by atoms with Crippen molar-refractivity contribution in [2.75, 3.05) is 45.1 Å². The highest BCUT2D eigenvalue weighted by atomic mass is 127. The van der Waals surface area contributed by atoms with Crippen molar-refractivity contribution in [3.63, 3.8) is 0 Å². The quantitative estimate of drug-likeness (QED) is 0.391. The molecule has 0 aliphatic carbocycles. The van der Waals surface area contributed by atoms with Crippen LogP contribution in [-0.2, 0) is 4.74 Å². The van der Waals surface area contributed by atoms with Crippen molar-refractivity contribution >= 4 is 41.7 Å². The second-order valence-electron chi connectivity index (χ2n) is 7.23. The van der Waals surface area contributed by atoms with Crippen LogP contribution in [0.3, 0.4) is 0 Å². The largest absolute Gasteiger partial charge is 0.381 e. The molecule has 2 saturated heterocycles. The van der Waals surface area contributed by atoms with Gasteiger partial charge in [0.1, 0.15) is 0 Å². The van der Waals surface area contributed by atoms with E-state index in [4.69, 9.17) is 9.73 Å². The Labute approximate surface area is 163 Å². The first-order valence-corrected chi connectivity index (χ1v) is 9.74. The molecule has 0 amide bonds. The van der Waals surface area contributed by atoms with E-state index < -0.39 is 0 Å².